The van der Waals surface area contributed by atoms with E-state index in [0.29, 0.717) is 37.6 Å². The predicted octanol–water partition coefficient (Wildman–Crippen LogP) is 5.58. The van der Waals surface area contributed by atoms with E-state index in [-0.39, 0.29) is 17.2 Å². The van der Waals surface area contributed by atoms with Gasteiger partial charge in [-0.15, -0.1) is 0 Å². The number of sulfonamides is 1. The first-order valence-corrected chi connectivity index (χ1v) is 14.0. The zero-order chi connectivity index (χ0) is 29.2. The fourth-order valence-corrected chi connectivity index (χ4v) is 5.92. The molecule has 3 rings (SSSR count). The molecule has 1 aliphatic heterocycles. The van der Waals surface area contributed by atoms with E-state index >= 15 is 0 Å². The maximum Gasteiger partial charge on any atom is 0.417 e. The molecule has 8 nitrogen and oxygen atoms in total. The summed E-state index contributed by atoms with van der Waals surface area (Å²) in [5.74, 6) is -0.804. The third kappa shape index (κ3) is 7.95. The summed E-state index contributed by atoms with van der Waals surface area (Å²) in [4.78, 5) is 25.5. The van der Waals surface area contributed by atoms with Crippen molar-refractivity contribution in [2.75, 3.05) is 18.4 Å². The molecular weight excluding hydrogens is 535 g/mol. The second kappa shape index (κ2) is 11.5. The Balaban J connectivity index is 1.74. The van der Waals surface area contributed by atoms with Crippen LogP contribution in [0, 0.1) is 12.8 Å². The van der Waals surface area contributed by atoms with Gasteiger partial charge >= 0.3 is 12.3 Å². The summed E-state index contributed by atoms with van der Waals surface area (Å²) in [6, 6.07) is 8.50. The molecule has 1 unspecified atom stereocenters. The number of nitrogens with one attached hydrogen (secondary N) is 2. The number of aryl methyl sites for hydroxylation is 1. The maximum absolute atomic E-state index is 14.0. The van der Waals surface area contributed by atoms with Gasteiger partial charge in [0, 0.05) is 30.4 Å². The monoisotopic (exact) mass is 569 g/mol. The van der Waals surface area contributed by atoms with Gasteiger partial charge in [0.15, 0.2) is 0 Å². The van der Waals surface area contributed by atoms with E-state index in [1.807, 2.05) is 0 Å². The molecule has 1 aliphatic rings. The van der Waals surface area contributed by atoms with Gasteiger partial charge in [0.1, 0.15) is 5.60 Å². The SMILES string of the molecule is Cc1ccccc1C(=O)Nc1ccc(S(=O)(=O)NC(C)C2CCN(C(=O)OC(C)(C)C)CC2)c(C(F)(F)F)c1. The molecule has 0 aromatic heterocycles. The summed E-state index contributed by atoms with van der Waals surface area (Å²) in [6.45, 7) is 9.25. The Morgan fingerprint density at radius 2 is 1.67 bits per heavy atom. The molecule has 12 heteroatoms. The fourth-order valence-electron chi connectivity index (χ4n) is 4.40. The Morgan fingerprint density at radius 3 is 2.23 bits per heavy atom. The number of ether oxygens (including phenoxy) is 1. The summed E-state index contributed by atoms with van der Waals surface area (Å²) in [6.07, 6.45) is -4.54. The number of anilines is 1. The second-order valence-electron chi connectivity index (χ2n) is 10.7. The van der Waals surface area contributed by atoms with Gasteiger partial charge in [-0.1, -0.05) is 18.2 Å². The number of hydrogen-bond donors (Lipinski definition) is 2. The molecule has 2 N–H and O–H groups in total. The standard InChI is InChI=1S/C27H34F3N3O5S/c1-17-8-6-7-9-21(17)24(34)31-20-10-11-23(22(16-20)27(28,29)30)39(36,37)32-18(2)19-12-14-33(15-13-19)25(35)38-26(3,4)5/h6-11,16,18-19,32H,12-15H2,1-5H3,(H,31,34). The van der Waals surface area contributed by atoms with E-state index in [4.69, 9.17) is 4.74 Å². The molecular formula is C27H34F3N3O5S. The lowest BCUT2D eigenvalue weighted by molar-refractivity contribution is -0.139. The molecule has 1 fully saturated rings. The molecule has 2 aromatic rings. The summed E-state index contributed by atoms with van der Waals surface area (Å²) in [5, 5.41) is 2.41. The van der Waals surface area contributed by atoms with Gasteiger partial charge in [0.2, 0.25) is 10.0 Å². The molecule has 214 valence electrons. The van der Waals surface area contributed by atoms with Gasteiger partial charge in [-0.05, 0) is 83.2 Å². The van der Waals surface area contributed by atoms with Crippen molar-refractivity contribution in [1.82, 2.24) is 9.62 Å². The largest absolute Gasteiger partial charge is 0.444 e. The van der Waals surface area contributed by atoms with Crippen molar-refractivity contribution in [3.8, 4) is 0 Å². The zero-order valence-corrected chi connectivity index (χ0v) is 23.4. The molecule has 0 bridgehead atoms. The Bertz CT molecular complexity index is 1310. The topological polar surface area (TPSA) is 105 Å². The number of likely N-dealkylation sites (tertiary alicyclic amines) is 1. The Kier molecular flexibility index (Phi) is 9.01. The Morgan fingerprint density at radius 1 is 1.05 bits per heavy atom. The van der Waals surface area contributed by atoms with Gasteiger partial charge in [-0.2, -0.15) is 13.2 Å². The van der Waals surface area contributed by atoms with Crippen LogP contribution in [-0.4, -0.2) is 50.1 Å². The molecule has 2 amide bonds. The molecule has 0 aliphatic carbocycles. The van der Waals surface area contributed by atoms with Crippen LogP contribution in [0.1, 0.15) is 62.0 Å². The third-order valence-electron chi connectivity index (χ3n) is 6.46. The van der Waals surface area contributed by atoms with Crippen LogP contribution in [-0.2, 0) is 20.9 Å². The lowest BCUT2D eigenvalue weighted by Gasteiger charge is -2.35. The lowest BCUT2D eigenvalue weighted by atomic mass is 9.91. The van der Waals surface area contributed by atoms with Crippen molar-refractivity contribution in [1.29, 1.82) is 0 Å². The van der Waals surface area contributed by atoms with E-state index in [1.165, 1.54) is 11.0 Å². The van der Waals surface area contributed by atoms with E-state index in [9.17, 15) is 31.2 Å². The average Bonchev–Trinajstić information content (AvgIpc) is 2.82. The molecule has 1 atom stereocenters. The van der Waals surface area contributed by atoms with Crippen LogP contribution >= 0.6 is 0 Å². The van der Waals surface area contributed by atoms with E-state index in [2.05, 4.69) is 10.0 Å². The van der Waals surface area contributed by atoms with Crippen molar-refractivity contribution in [2.45, 2.75) is 70.2 Å². The highest BCUT2D eigenvalue weighted by Gasteiger charge is 2.39. The lowest BCUT2D eigenvalue weighted by Crippen LogP contribution is -2.46. The summed E-state index contributed by atoms with van der Waals surface area (Å²) < 4.78 is 75.8. The van der Waals surface area contributed by atoms with Crippen molar-refractivity contribution in [3.05, 3.63) is 59.2 Å². The first-order chi connectivity index (χ1) is 18.0. The van der Waals surface area contributed by atoms with Gasteiger partial charge in [0.05, 0.1) is 10.5 Å². The van der Waals surface area contributed by atoms with Crippen molar-refractivity contribution < 1.29 is 35.9 Å². The van der Waals surface area contributed by atoms with E-state index in [1.54, 1.807) is 52.8 Å². The van der Waals surface area contributed by atoms with Crippen LogP contribution in [0.5, 0.6) is 0 Å². The predicted molar refractivity (Wildman–Crippen MR) is 141 cm³/mol. The number of benzene rings is 2. The number of rotatable bonds is 6. The minimum atomic E-state index is -4.99. The second-order valence-corrected chi connectivity index (χ2v) is 12.4. The van der Waals surface area contributed by atoms with Crippen LogP contribution < -0.4 is 10.0 Å². The summed E-state index contributed by atoms with van der Waals surface area (Å²) in [5.41, 5.74) is -1.29. The van der Waals surface area contributed by atoms with Crippen molar-refractivity contribution >= 4 is 27.7 Å². The van der Waals surface area contributed by atoms with Crippen LogP contribution in [0.4, 0.5) is 23.7 Å². The van der Waals surface area contributed by atoms with E-state index < -0.39 is 50.3 Å². The number of nitrogens with zero attached hydrogens (tertiary/aromatic N) is 1. The summed E-state index contributed by atoms with van der Waals surface area (Å²) in [7, 11) is -4.57. The maximum atomic E-state index is 14.0. The van der Waals surface area contributed by atoms with Gasteiger partial charge in [0.25, 0.3) is 5.91 Å². The fraction of sp³-hybridized carbons (Fsp3) is 0.481. The van der Waals surface area contributed by atoms with Gasteiger partial charge in [-0.25, -0.2) is 17.9 Å². The normalized spacial score (nSPS) is 16.1. The smallest absolute Gasteiger partial charge is 0.417 e. The van der Waals surface area contributed by atoms with Crippen LogP contribution in [0.3, 0.4) is 0 Å². The molecule has 0 radical (unpaired) electrons. The van der Waals surface area contributed by atoms with Gasteiger partial charge in [-0.3, -0.25) is 4.79 Å². The minimum Gasteiger partial charge on any atom is -0.444 e. The molecule has 1 saturated heterocycles. The number of carbonyl (C=O) groups is 2. The highest BCUT2D eigenvalue weighted by molar-refractivity contribution is 7.89. The van der Waals surface area contributed by atoms with Crippen molar-refractivity contribution in [2.24, 2.45) is 5.92 Å². The van der Waals surface area contributed by atoms with Crippen LogP contribution in [0.15, 0.2) is 47.4 Å². The molecule has 39 heavy (non-hydrogen) atoms. The Hall–Kier alpha value is -3.12. The number of hydrogen-bond acceptors (Lipinski definition) is 5. The number of piperidine rings is 1. The third-order valence-corrected chi connectivity index (χ3v) is 8.08. The van der Waals surface area contributed by atoms with Gasteiger partial charge < -0.3 is 15.0 Å². The molecule has 1 heterocycles. The molecule has 2 aromatic carbocycles. The minimum absolute atomic E-state index is 0.183. The summed E-state index contributed by atoms with van der Waals surface area (Å²) >= 11 is 0. The number of amides is 2. The Labute approximate surface area is 227 Å². The quantitative estimate of drug-likeness (QED) is 0.473. The van der Waals surface area contributed by atoms with E-state index in [0.717, 1.165) is 12.1 Å². The first-order valence-electron chi connectivity index (χ1n) is 12.6. The molecule has 0 saturated carbocycles. The average molecular weight is 570 g/mol. The zero-order valence-electron chi connectivity index (χ0n) is 22.6. The molecule has 0 spiro atoms. The highest BCUT2D eigenvalue weighted by Crippen LogP contribution is 2.36. The van der Waals surface area contributed by atoms with Crippen molar-refractivity contribution in [3.63, 3.8) is 0 Å². The number of alkyl halides is 3. The van der Waals surface area contributed by atoms with Crippen LogP contribution in [0.25, 0.3) is 0 Å². The van der Waals surface area contributed by atoms with Crippen LogP contribution in [0.2, 0.25) is 0 Å². The highest BCUT2D eigenvalue weighted by atomic mass is 32.2. The number of halogens is 3. The first kappa shape index (κ1) is 30.4. The number of carbonyl (C=O) groups excluding carboxylic acids is 2.